The van der Waals surface area contributed by atoms with E-state index in [1.165, 1.54) is 0 Å². The molecule has 1 aliphatic rings. The summed E-state index contributed by atoms with van der Waals surface area (Å²) in [6.07, 6.45) is -2.98. The van der Waals surface area contributed by atoms with Crippen LogP contribution in [0.15, 0.2) is 10.5 Å². The lowest BCUT2D eigenvalue weighted by atomic mass is 9.85. The minimum atomic E-state index is -4.18. The number of rotatable bonds is 2. The fourth-order valence-corrected chi connectivity index (χ4v) is 2.74. The van der Waals surface area contributed by atoms with E-state index >= 15 is 0 Å². The molecule has 3 nitrogen and oxygen atoms in total. The first-order valence-electron chi connectivity index (χ1n) is 6.72. The molecule has 1 aromatic rings. The van der Waals surface area contributed by atoms with E-state index < -0.39 is 18.1 Å². The average Bonchev–Trinajstić information content (AvgIpc) is 2.68. The van der Waals surface area contributed by atoms with Crippen LogP contribution in [-0.4, -0.2) is 18.1 Å². The predicted octanol–water partition coefficient (Wildman–Crippen LogP) is 3.75. The van der Waals surface area contributed by atoms with Crippen molar-refractivity contribution in [3.05, 3.63) is 23.2 Å². The van der Waals surface area contributed by atoms with Gasteiger partial charge in [0.05, 0.1) is 11.5 Å². The third-order valence-corrected chi connectivity index (χ3v) is 3.76. The molecule has 0 aromatic carbocycles. The number of nitrogens with one attached hydrogen (secondary N) is 1. The summed E-state index contributed by atoms with van der Waals surface area (Å²) in [6, 6.07) is 1.19. The lowest BCUT2D eigenvalue weighted by Crippen LogP contribution is -2.41. The van der Waals surface area contributed by atoms with Gasteiger partial charge < -0.3 is 9.73 Å². The number of alkyl halides is 3. The molecule has 1 heterocycles. The highest BCUT2D eigenvalue weighted by Gasteiger charge is 2.42. The second-order valence-corrected chi connectivity index (χ2v) is 5.40. The lowest BCUT2D eigenvalue weighted by molar-refractivity contribution is -0.183. The maximum atomic E-state index is 12.7. The summed E-state index contributed by atoms with van der Waals surface area (Å²) in [5, 5.41) is 2.69. The molecule has 0 unspecified atom stereocenters. The number of amides is 1. The molecular weight excluding hydrogens is 271 g/mol. The molecule has 0 aliphatic heterocycles. The normalized spacial score (nSPS) is 23.6. The maximum Gasteiger partial charge on any atom is 0.391 e. The zero-order chi connectivity index (χ0) is 14.9. The number of aryl methyl sites for hydroxylation is 2. The molecule has 1 fully saturated rings. The van der Waals surface area contributed by atoms with Crippen LogP contribution in [0.4, 0.5) is 13.2 Å². The Morgan fingerprint density at radius 1 is 1.35 bits per heavy atom. The van der Waals surface area contributed by atoms with Crippen LogP contribution in [0, 0.1) is 19.8 Å². The summed E-state index contributed by atoms with van der Waals surface area (Å²) in [5.41, 5.74) is 0.400. The predicted molar refractivity (Wildman–Crippen MR) is 67.4 cm³/mol. The Morgan fingerprint density at radius 2 is 2.05 bits per heavy atom. The van der Waals surface area contributed by atoms with Gasteiger partial charge in [-0.1, -0.05) is 6.42 Å². The Balaban J connectivity index is 1.99. The van der Waals surface area contributed by atoms with Crippen LogP contribution in [0.2, 0.25) is 0 Å². The first-order valence-corrected chi connectivity index (χ1v) is 6.72. The fraction of sp³-hybridized carbons (Fsp3) is 0.643. The van der Waals surface area contributed by atoms with Crippen molar-refractivity contribution >= 4 is 5.91 Å². The minimum absolute atomic E-state index is 0.0366. The highest BCUT2D eigenvalue weighted by atomic mass is 19.4. The van der Waals surface area contributed by atoms with E-state index in [0.717, 1.165) is 0 Å². The number of carbonyl (C=O) groups is 1. The number of furan rings is 1. The van der Waals surface area contributed by atoms with E-state index in [2.05, 4.69) is 5.32 Å². The fourth-order valence-electron chi connectivity index (χ4n) is 2.74. The molecule has 1 saturated carbocycles. The summed E-state index contributed by atoms with van der Waals surface area (Å²) in [5.74, 6) is -0.562. The van der Waals surface area contributed by atoms with Crippen molar-refractivity contribution < 1.29 is 22.4 Å². The zero-order valence-electron chi connectivity index (χ0n) is 11.5. The van der Waals surface area contributed by atoms with Gasteiger partial charge in [0, 0.05) is 6.04 Å². The highest BCUT2D eigenvalue weighted by Crippen LogP contribution is 2.37. The molecule has 20 heavy (non-hydrogen) atoms. The van der Waals surface area contributed by atoms with Gasteiger partial charge in [-0.25, -0.2) is 0 Å². The van der Waals surface area contributed by atoms with Crippen LogP contribution >= 0.6 is 0 Å². The average molecular weight is 289 g/mol. The summed E-state index contributed by atoms with van der Waals surface area (Å²) < 4.78 is 43.4. The Kier molecular flexibility index (Phi) is 4.11. The summed E-state index contributed by atoms with van der Waals surface area (Å²) >= 11 is 0. The van der Waals surface area contributed by atoms with Gasteiger partial charge in [0.25, 0.3) is 5.91 Å². The van der Waals surface area contributed by atoms with Crippen LogP contribution in [-0.2, 0) is 0 Å². The van der Waals surface area contributed by atoms with Crippen LogP contribution in [0.5, 0.6) is 0 Å². The highest BCUT2D eigenvalue weighted by molar-refractivity contribution is 5.95. The molecule has 0 bridgehead atoms. The summed E-state index contributed by atoms with van der Waals surface area (Å²) in [4.78, 5) is 12.1. The quantitative estimate of drug-likeness (QED) is 0.901. The molecule has 0 radical (unpaired) electrons. The van der Waals surface area contributed by atoms with Crippen LogP contribution in [0.25, 0.3) is 0 Å². The molecule has 1 aliphatic carbocycles. The van der Waals surface area contributed by atoms with E-state index in [1.807, 2.05) is 0 Å². The van der Waals surface area contributed by atoms with Crippen LogP contribution in [0.3, 0.4) is 0 Å². The standard InChI is InChI=1S/C14H18F3NO2/c1-8-6-12(9(2)20-8)13(19)18-11-5-3-4-10(7-11)14(15,16)17/h6,10-11H,3-5,7H2,1-2H3,(H,18,19)/t10-,11-/m1/s1. The molecule has 1 aromatic heterocycles. The molecule has 112 valence electrons. The van der Waals surface area contributed by atoms with Gasteiger partial charge in [0.15, 0.2) is 0 Å². The van der Waals surface area contributed by atoms with E-state index in [1.54, 1.807) is 19.9 Å². The van der Waals surface area contributed by atoms with Crippen LogP contribution in [0.1, 0.15) is 47.6 Å². The van der Waals surface area contributed by atoms with Gasteiger partial charge >= 0.3 is 6.18 Å². The van der Waals surface area contributed by atoms with Crippen LogP contribution < -0.4 is 5.32 Å². The van der Waals surface area contributed by atoms with Gasteiger partial charge in [-0.15, -0.1) is 0 Å². The molecule has 2 atom stereocenters. The van der Waals surface area contributed by atoms with Crippen molar-refractivity contribution in [3.63, 3.8) is 0 Å². The molecule has 1 N–H and O–H groups in total. The summed E-state index contributed by atoms with van der Waals surface area (Å²) in [7, 11) is 0. The van der Waals surface area contributed by atoms with Gasteiger partial charge in [0.2, 0.25) is 0 Å². The van der Waals surface area contributed by atoms with Crippen molar-refractivity contribution in [2.45, 2.75) is 51.7 Å². The summed E-state index contributed by atoms with van der Waals surface area (Å²) in [6.45, 7) is 3.39. The van der Waals surface area contributed by atoms with Gasteiger partial charge in [-0.3, -0.25) is 4.79 Å². The van der Waals surface area contributed by atoms with Crippen molar-refractivity contribution in [2.24, 2.45) is 5.92 Å². The molecule has 0 saturated heterocycles. The third kappa shape index (κ3) is 3.35. The van der Waals surface area contributed by atoms with Crippen molar-refractivity contribution in [3.8, 4) is 0 Å². The second kappa shape index (κ2) is 5.50. The minimum Gasteiger partial charge on any atom is -0.466 e. The Morgan fingerprint density at radius 3 is 2.60 bits per heavy atom. The largest absolute Gasteiger partial charge is 0.466 e. The molecular formula is C14H18F3NO2. The van der Waals surface area contributed by atoms with E-state index in [-0.39, 0.29) is 18.7 Å². The first kappa shape index (κ1) is 14.9. The zero-order valence-corrected chi connectivity index (χ0v) is 11.5. The number of hydrogen-bond acceptors (Lipinski definition) is 2. The Bertz CT molecular complexity index is 493. The van der Waals surface area contributed by atoms with Gasteiger partial charge in [0.1, 0.15) is 11.5 Å². The van der Waals surface area contributed by atoms with Gasteiger partial charge in [-0.2, -0.15) is 13.2 Å². The Hall–Kier alpha value is -1.46. The molecule has 6 heteroatoms. The number of carbonyl (C=O) groups excluding carboxylic acids is 1. The van der Waals surface area contributed by atoms with Crippen molar-refractivity contribution in [2.75, 3.05) is 0 Å². The monoisotopic (exact) mass is 289 g/mol. The molecule has 1 amide bonds. The van der Waals surface area contributed by atoms with Gasteiger partial charge in [-0.05, 0) is 39.2 Å². The third-order valence-electron chi connectivity index (χ3n) is 3.76. The second-order valence-electron chi connectivity index (χ2n) is 5.40. The number of halogens is 3. The Labute approximate surface area is 115 Å². The van der Waals surface area contributed by atoms with E-state index in [0.29, 0.717) is 29.9 Å². The van der Waals surface area contributed by atoms with Crippen molar-refractivity contribution in [1.82, 2.24) is 5.32 Å². The lowest BCUT2D eigenvalue weighted by Gasteiger charge is -2.30. The van der Waals surface area contributed by atoms with Crippen molar-refractivity contribution in [1.29, 1.82) is 0 Å². The maximum absolute atomic E-state index is 12.7. The molecule has 2 rings (SSSR count). The number of hydrogen-bond donors (Lipinski definition) is 1. The van der Waals surface area contributed by atoms with E-state index in [9.17, 15) is 18.0 Å². The SMILES string of the molecule is Cc1cc(C(=O)N[C@@H]2CCC[C@@H](C(F)(F)F)C2)c(C)o1. The molecule has 0 spiro atoms. The van der Waals surface area contributed by atoms with E-state index in [4.69, 9.17) is 4.42 Å². The smallest absolute Gasteiger partial charge is 0.391 e. The first-order chi connectivity index (χ1) is 9.27. The topological polar surface area (TPSA) is 42.2 Å².